The molecule has 0 saturated heterocycles. The number of rotatable bonds is 0. The molecule has 0 heterocycles. The van der Waals surface area contributed by atoms with Crippen molar-refractivity contribution in [1.82, 2.24) is 0 Å². The van der Waals surface area contributed by atoms with E-state index in [4.69, 9.17) is 0 Å². The van der Waals surface area contributed by atoms with Crippen molar-refractivity contribution in [3.05, 3.63) is 11.6 Å². The molecule has 2 saturated carbocycles. The number of fused-ring (bicyclic) bond motifs is 3. The van der Waals surface area contributed by atoms with Gasteiger partial charge in [0.25, 0.3) is 0 Å². The third-order valence-corrected chi connectivity index (χ3v) is 5.92. The molecule has 17 heavy (non-hydrogen) atoms. The number of aliphatic hydroxyl groups is 1. The van der Waals surface area contributed by atoms with E-state index in [0.717, 1.165) is 30.6 Å². The van der Waals surface area contributed by atoms with E-state index in [1.807, 2.05) is 0 Å². The lowest BCUT2D eigenvalue weighted by atomic mass is 9.53. The van der Waals surface area contributed by atoms with Gasteiger partial charge >= 0.3 is 0 Å². The largest absolute Gasteiger partial charge is 0.393 e. The van der Waals surface area contributed by atoms with Crippen LogP contribution in [0.2, 0.25) is 0 Å². The van der Waals surface area contributed by atoms with E-state index in [0.29, 0.717) is 5.41 Å². The van der Waals surface area contributed by atoms with Crippen LogP contribution in [0.3, 0.4) is 0 Å². The van der Waals surface area contributed by atoms with Gasteiger partial charge in [0.1, 0.15) is 0 Å². The van der Waals surface area contributed by atoms with Gasteiger partial charge in [-0.05, 0) is 61.7 Å². The maximum Gasteiger partial charge on any atom is 0.0577 e. The zero-order chi connectivity index (χ0) is 12.0. The predicted octanol–water partition coefficient (Wildman–Crippen LogP) is 3.92. The fourth-order valence-electron chi connectivity index (χ4n) is 4.85. The molecule has 0 radical (unpaired) electrons. The topological polar surface area (TPSA) is 20.2 Å². The number of hydrogen-bond donors (Lipinski definition) is 1. The molecule has 3 aliphatic carbocycles. The zero-order valence-electron chi connectivity index (χ0n) is 11.3. The van der Waals surface area contributed by atoms with Crippen molar-refractivity contribution in [3.63, 3.8) is 0 Å². The van der Waals surface area contributed by atoms with Gasteiger partial charge in [-0.25, -0.2) is 0 Å². The molecule has 1 heteroatoms. The highest BCUT2D eigenvalue weighted by atomic mass is 16.3. The number of hydrogen-bond acceptors (Lipinski definition) is 1. The Kier molecular flexibility index (Phi) is 2.85. The monoisotopic (exact) mass is 234 g/mol. The first-order valence-electron chi connectivity index (χ1n) is 7.47. The minimum Gasteiger partial charge on any atom is -0.393 e. The van der Waals surface area contributed by atoms with E-state index in [1.54, 1.807) is 5.57 Å². The van der Waals surface area contributed by atoms with Crippen LogP contribution in [0.15, 0.2) is 11.6 Å². The van der Waals surface area contributed by atoms with Crippen LogP contribution < -0.4 is 0 Å². The lowest BCUT2D eigenvalue weighted by Crippen LogP contribution is -2.44. The summed E-state index contributed by atoms with van der Waals surface area (Å²) in [7, 11) is 0. The third-order valence-electron chi connectivity index (χ3n) is 5.92. The van der Waals surface area contributed by atoms with Crippen LogP contribution in [-0.2, 0) is 0 Å². The van der Waals surface area contributed by atoms with Crippen LogP contribution in [0.4, 0.5) is 0 Å². The van der Waals surface area contributed by atoms with Crippen molar-refractivity contribution in [2.24, 2.45) is 23.2 Å². The molecule has 5 atom stereocenters. The van der Waals surface area contributed by atoms with Crippen molar-refractivity contribution in [3.8, 4) is 0 Å². The smallest absolute Gasteiger partial charge is 0.0577 e. The van der Waals surface area contributed by atoms with E-state index in [1.165, 1.54) is 32.1 Å². The van der Waals surface area contributed by atoms with E-state index in [9.17, 15) is 5.11 Å². The molecule has 0 aromatic carbocycles. The van der Waals surface area contributed by atoms with Crippen LogP contribution in [0.25, 0.3) is 0 Å². The highest BCUT2D eigenvalue weighted by Gasteiger charge is 2.47. The summed E-state index contributed by atoms with van der Waals surface area (Å²) in [4.78, 5) is 0. The summed E-state index contributed by atoms with van der Waals surface area (Å²) in [5, 5.41) is 9.86. The highest BCUT2D eigenvalue weighted by Crippen LogP contribution is 2.57. The molecule has 96 valence electrons. The molecular formula is C16H26O. The molecule has 0 spiro atoms. The maximum atomic E-state index is 9.86. The Balaban J connectivity index is 1.87. The molecule has 1 N–H and O–H groups in total. The van der Waals surface area contributed by atoms with Crippen LogP contribution >= 0.6 is 0 Å². The average molecular weight is 234 g/mol. The minimum absolute atomic E-state index is 0.0617. The van der Waals surface area contributed by atoms with Crippen molar-refractivity contribution in [1.29, 1.82) is 0 Å². The van der Waals surface area contributed by atoms with E-state index < -0.39 is 0 Å². The number of allylic oxidation sites excluding steroid dienone is 1. The Labute approximate surface area is 105 Å². The molecule has 2 fully saturated rings. The fourth-order valence-corrected chi connectivity index (χ4v) is 4.85. The molecule has 0 aromatic heterocycles. The van der Waals surface area contributed by atoms with Crippen LogP contribution in [0, 0.1) is 23.2 Å². The Bertz CT molecular complexity index is 332. The van der Waals surface area contributed by atoms with E-state index in [-0.39, 0.29) is 6.10 Å². The molecule has 0 aromatic rings. The first-order chi connectivity index (χ1) is 8.09. The van der Waals surface area contributed by atoms with Gasteiger partial charge in [0, 0.05) is 0 Å². The SMILES string of the molecule is CC1CCC2C(CC=C3CC(O)CCC32C)C1. The van der Waals surface area contributed by atoms with Crippen molar-refractivity contribution in [2.45, 2.75) is 64.9 Å². The van der Waals surface area contributed by atoms with Crippen LogP contribution in [0.1, 0.15) is 58.8 Å². The van der Waals surface area contributed by atoms with E-state index in [2.05, 4.69) is 19.9 Å². The summed E-state index contributed by atoms with van der Waals surface area (Å²) < 4.78 is 0. The second-order valence-corrected chi connectivity index (χ2v) is 7.06. The molecule has 0 amide bonds. The molecular weight excluding hydrogens is 208 g/mol. The van der Waals surface area contributed by atoms with Crippen LogP contribution in [-0.4, -0.2) is 11.2 Å². The summed E-state index contributed by atoms with van der Waals surface area (Å²) in [6.07, 6.45) is 11.2. The lowest BCUT2D eigenvalue weighted by molar-refractivity contribution is 0.0219. The molecule has 0 aliphatic heterocycles. The normalized spacial score (nSPS) is 50.2. The average Bonchev–Trinajstić information content (AvgIpc) is 2.30. The second kappa shape index (κ2) is 4.12. The van der Waals surface area contributed by atoms with Gasteiger partial charge in [-0.2, -0.15) is 0 Å². The van der Waals surface area contributed by atoms with Crippen molar-refractivity contribution < 1.29 is 5.11 Å². The fraction of sp³-hybridized carbons (Fsp3) is 0.875. The molecule has 3 aliphatic rings. The van der Waals surface area contributed by atoms with Gasteiger partial charge < -0.3 is 5.11 Å². The Morgan fingerprint density at radius 3 is 2.94 bits per heavy atom. The Morgan fingerprint density at radius 2 is 2.12 bits per heavy atom. The molecule has 1 nitrogen and oxygen atoms in total. The zero-order valence-corrected chi connectivity index (χ0v) is 11.3. The van der Waals surface area contributed by atoms with Gasteiger partial charge in [0.2, 0.25) is 0 Å². The van der Waals surface area contributed by atoms with Gasteiger partial charge in [-0.1, -0.05) is 31.9 Å². The summed E-state index contributed by atoms with van der Waals surface area (Å²) in [6.45, 7) is 4.90. The second-order valence-electron chi connectivity index (χ2n) is 7.06. The summed E-state index contributed by atoms with van der Waals surface area (Å²) in [5.74, 6) is 2.78. The Morgan fingerprint density at radius 1 is 1.29 bits per heavy atom. The molecule has 5 unspecified atom stereocenters. The lowest BCUT2D eigenvalue weighted by Gasteiger charge is -2.53. The summed E-state index contributed by atoms with van der Waals surface area (Å²) in [5.41, 5.74) is 2.02. The predicted molar refractivity (Wildman–Crippen MR) is 70.7 cm³/mol. The van der Waals surface area contributed by atoms with Crippen molar-refractivity contribution in [2.75, 3.05) is 0 Å². The van der Waals surface area contributed by atoms with Gasteiger partial charge in [0.05, 0.1) is 6.10 Å². The van der Waals surface area contributed by atoms with Gasteiger partial charge in [-0.3, -0.25) is 0 Å². The standard InChI is InChI=1S/C16H26O/c1-11-3-6-15-12(9-11)4-5-13-10-14(17)7-8-16(13,15)2/h5,11-12,14-15,17H,3-4,6-10H2,1-2H3. The van der Waals surface area contributed by atoms with Crippen molar-refractivity contribution >= 4 is 0 Å². The number of aliphatic hydroxyl groups excluding tert-OH is 1. The third kappa shape index (κ3) is 1.87. The first-order valence-corrected chi connectivity index (χ1v) is 7.47. The minimum atomic E-state index is -0.0617. The van der Waals surface area contributed by atoms with Crippen LogP contribution in [0.5, 0.6) is 0 Å². The molecule has 3 rings (SSSR count). The quantitative estimate of drug-likeness (QED) is 0.630. The first kappa shape index (κ1) is 11.8. The molecule has 0 bridgehead atoms. The summed E-state index contributed by atoms with van der Waals surface area (Å²) >= 11 is 0. The summed E-state index contributed by atoms with van der Waals surface area (Å²) in [6, 6.07) is 0. The van der Waals surface area contributed by atoms with E-state index >= 15 is 0 Å². The van der Waals surface area contributed by atoms with Gasteiger partial charge in [-0.15, -0.1) is 0 Å². The highest BCUT2D eigenvalue weighted by molar-refractivity contribution is 5.23. The maximum absolute atomic E-state index is 9.86. The Hall–Kier alpha value is -0.300. The van der Waals surface area contributed by atoms with Gasteiger partial charge in [0.15, 0.2) is 0 Å².